The lowest BCUT2D eigenvalue weighted by Gasteiger charge is -2.09. The lowest BCUT2D eigenvalue weighted by molar-refractivity contribution is 1.14. The van der Waals surface area contributed by atoms with E-state index in [-0.39, 0.29) is 0 Å². The number of aryl methyl sites for hydroxylation is 1. The second-order valence-electron chi connectivity index (χ2n) is 4.75. The first-order valence-electron chi connectivity index (χ1n) is 6.74. The van der Waals surface area contributed by atoms with Gasteiger partial charge < -0.3 is 0 Å². The summed E-state index contributed by atoms with van der Waals surface area (Å²) in [5.74, 6) is 0.480. The fourth-order valence-corrected chi connectivity index (χ4v) is 1.98. The Hall–Kier alpha value is -2.66. The van der Waals surface area contributed by atoms with Crippen LogP contribution in [0.25, 0.3) is 11.3 Å². The summed E-state index contributed by atoms with van der Waals surface area (Å²) in [6, 6.07) is 13.4. The van der Waals surface area contributed by atoms with E-state index in [1.54, 1.807) is 18.5 Å². The first-order chi connectivity index (χ1) is 10.7. The molecule has 5 nitrogen and oxygen atoms in total. The molecule has 0 fully saturated rings. The third-order valence-corrected chi connectivity index (χ3v) is 3.27. The molecule has 0 aliphatic carbocycles. The Morgan fingerprint density at radius 1 is 0.909 bits per heavy atom. The molecular formula is C16H14ClN5. The van der Waals surface area contributed by atoms with Gasteiger partial charge in [-0.25, -0.2) is 15.0 Å². The molecule has 22 heavy (non-hydrogen) atoms. The second kappa shape index (κ2) is 6.41. The summed E-state index contributed by atoms with van der Waals surface area (Å²) in [5, 5.41) is 0.456. The van der Waals surface area contributed by atoms with Crippen molar-refractivity contribution < 1.29 is 0 Å². The van der Waals surface area contributed by atoms with Crippen LogP contribution in [0.4, 0.5) is 11.6 Å². The standard InChI is InChI=1S/C16H14ClN5/c1-11-2-5-13(6-3-11)21-22-16-18-9-8-14(20-16)12-4-7-15(17)19-10-12/h2-10,21H,1H3,(H,18,20,22). The number of hydrogen-bond acceptors (Lipinski definition) is 5. The average Bonchev–Trinajstić information content (AvgIpc) is 2.55. The number of hydrogen-bond donors (Lipinski definition) is 2. The zero-order chi connectivity index (χ0) is 15.4. The van der Waals surface area contributed by atoms with Gasteiger partial charge in [-0.1, -0.05) is 29.3 Å². The number of nitrogens with one attached hydrogen (secondary N) is 2. The SMILES string of the molecule is Cc1ccc(NNc2nccc(-c3ccc(Cl)nc3)n2)cc1. The Bertz CT molecular complexity index is 756. The molecule has 2 heterocycles. The Morgan fingerprint density at radius 2 is 1.73 bits per heavy atom. The smallest absolute Gasteiger partial charge is 0.242 e. The van der Waals surface area contributed by atoms with E-state index in [1.807, 2.05) is 43.3 Å². The molecule has 3 rings (SSSR count). The van der Waals surface area contributed by atoms with Crippen molar-refractivity contribution in [3.8, 4) is 11.3 Å². The molecule has 0 saturated carbocycles. The van der Waals surface area contributed by atoms with Crippen molar-refractivity contribution in [1.82, 2.24) is 15.0 Å². The monoisotopic (exact) mass is 311 g/mol. The Kier molecular flexibility index (Phi) is 4.16. The van der Waals surface area contributed by atoms with Gasteiger partial charge in [0.05, 0.1) is 11.4 Å². The van der Waals surface area contributed by atoms with E-state index in [2.05, 4.69) is 25.8 Å². The van der Waals surface area contributed by atoms with Crippen LogP contribution in [0.15, 0.2) is 54.9 Å². The van der Waals surface area contributed by atoms with E-state index in [0.717, 1.165) is 16.9 Å². The molecule has 2 aromatic heterocycles. The Balaban J connectivity index is 1.73. The van der Waals surface area contributed by atoms with Gasteiger partial charge in [0.15, 0.2) is 0 Å². The van der Waals surface area contributed by atoms with Crippen molar-refractivity contribution in [2.75, 3.05) is 10.9 Å². The molecular weight excluding hydrogens is 298 g/mol. The van der Waals surface area contributed by atoms with Gasteiger partial charge in [-0.05, 0) is 37.3 Å². The number of benzene rings is 1. The average molecular weight is 312 g/mol. The van der Waals surface area contributed by atoms with Crippen LogP contribution in [0.5, 0.6) is 0 Å². The normalized spacial score (nSPS) is 10.3. The number of hydrazine groups is 1. The van der Waals surface area contributed by atoms with Crippen LogP contribution in [0.1, 0.15) is 5.56 Å². The number of aromatic nitrogens is 3. The summed E-state index contributed by atoms with van der Waals surface area (Å²) in [7, 11) is 0. The van der Waals surface area contributed by atoms with Crippen LogP contribution in [-0.2, 0) is 0 Å². The lowest BCUT2D eigenvalue weighted by atomic mass is 10.2. The fraction of sp³-hybridized carbons (Fsp3) is 0.0625. The molecule has 2 N–H and O–H groups in total. The van der Waals surface area contributed by atoms with Gasteiger partial charge in [0.1, 0.15) is 5.15 Å². The highest BCUT2D eigenvalue weighted by Crippen LogP contribution is 2.18. The minimum atomic E-state index is 0.456. The van der Waals surface area contributed by atoms with Crippen molar-refractivity contribution in [3.63, 3.8) is 0 Å². The fourth-order valence-electron chi connectivity index (χ4n) is 1.87. The lowest BCUT2D eigenvalue weighted by Crippen LogP contribution is -2.11. The van der Waals surface area contributed by atoms with Gasteiger partial charge in [0, 0.05) is 18.0 Å². The molecule has 0 spiro atoms. The predicted octanol–water partition coefficient (Wildman–Crippen LogP) is 3.94. The maximum atomic E-state index is 5.79. The molecule has 110 valence electrons. The summed E-state index contributed by atoms with van der Waals surface area (Å²) in [6.45, 7) is 2.05. The van der Waals surface area contributed by atoms with E-state index in [4.69, 9.17) is 11.6 Å². The van der Waals surface area contributed by atoms with E-state index in [1.165, 1.54) is 5.56 Å². The largest absolute Gasteiger partial charge is 0.298 e. The van der Waals surface area contributed by atoms with Crippen LogP contribution >= 0.6 is 11.6 Å². The van der Waals surface area contributed by atoms with Gasteiger partial charge in [-0.2, -0.15) is 0 Å². The van der Waals surface area contributed by atoms with Crippen molar-refractivity contribution in [2.24, 2.45) is 0 Å². The maximum Gasteiger partial charge on any atom is 0.242 e. The molecule has 0 bridgehead atoms. The zero-order valence-corrected chi connectivity index (χ0v) is 12.7. The summed E-state index contributed by atoms with van der Waals surface area (Å²) in [5.41, 5.74) is 9.84. The first kappa shape index (κ1) is 14.3. The topological polar surface area (TPSA) is 62.7 Å². The summed E-state index contributed by atoms with van der Waals surface area (Å²) in [4.78, 5) is 12.7. The summed E-state index contributed by atoms with van der Waals surface area (Å²) in [6.07, 6.45) is 3.37. The third-order valence-electron chi connectivity index (χ3n) is 3.05. The van der Waals surface area contributed by atoms with Crippen LogP contribution in [-0.4, -0.2) is 15.0 Å². The maximum absolute atomic E-state index is 5.79. The Morgan fingerprint density at radius 3 is 2.45 bits per heavy atom. The summed E-state index contributed by atoms with van der Waals surface area (Å²) >= 11 is 5.79. The molecule has 1 aromatic carbocycles. The molecule has 0 amide bonds. The Labute approximate surface area is 133 Å². The highest BCUT2D eigenvalue weighted by Gasteiger charge is 2.03. The highest BCUT2D eigenvalue weighted by atomic mass is 35.5. The van der Waals surface area contributed by atoms with E-state index in [0.29, 0.717) is 11.1 Å². The molecule has 0 saturated heterocycles. The predicted molar refractivity (Wildman–Crippen MR) is 88.7 cm³/mol. The number of anilines is 2. The number of nitrogens with zero attached hydrogens (tertiary/aromatic N) is 3. The van der Waals surface area contributed by atoms with E-state index < -0.39 is 0 Å². The molecule has 0 atom stereocenters. The van der Waals surface area contributed by atoms with Gasteiger partial charge >= 0.3 is 0 Å². The van der Waals surface area contributed by atoms with Crippen molar-refractivity contribution in [3.05, 3.63) is 65.6 Å². The highest BCUT2D eigenvalue weighted by molar-refractivity contribution is 6.29. The molecule has 0 aliphatic rings. The van der Waals surface area contributed by atoms with Crippen LogP contribution in [0.3, 0.4) is 0 Å². The van der Waals surface area contributed by atoms with Crippen LogP contribution in [0, 0.1) is 6.92 Å². The van der Waals surface area contributed by atoms with Crippen molar-refractivity contribution >= 4 is 23.2 Å². The first-order valence-corrected chi connectivity index (χ1v) is 7.12. The zero-order valence-electron chi connectivity index (χ0n) is 11.9. The van der Waals surface area contributed by atoms with E-state index in [9.17, 15) is 0 Å². The number of pyridine rings is 1. The quantitative estimate of drug-likeness (QED) is 0.564. The third kappa shape index (κ3) is 3.51. The molecule has 3 aromatic rings. The summed E-state index contributed by atoms with van der Waals surface area (Å²) < 4.78 is 0. The van der Waals surface area contributed by atoms with Gasteiger partial charge in [0.2, 0.25) is 5.95 Å². The molecule has 0 unspecified atom stereocenters. The van der Waals surface area contributed by atoms with Crippen LogP contribution in [0.2, 0.25) is 5.15 Å². The van der Waals surface area contributed by atoms with Crippen LogP contribution < -0.4 is 10.9 Å². The van der Waals surface area contributed by atoms with Gasteiger partial charge in [-0.15, -0.1) is 0 Å². The van der Waals surface area contributed by atoms with Crippen molar-refractivity contribution in [1.29, 1.82) is 0 Å². The van der Waals surface area contributed by atoms with Gasteiger partial charge in [0.25, 0.3) is 0 Å². The minimum absolute atomic E-state index is 0.456. The number of halogens is 1. The van der Waals surface area contributed by atoms with Crippen molar-refractivity contribution in [2.45, 2.75) is 6.92 Å². The molecule has 0 radical (unpaired) electrons. The minimum Gasteiger partial charge on any atom is -0.298 e. The van der Waals surface area contributed by atoms with Gasteiger partial charge in [-0.3, -0.25) is 10.9 Å². The molecule has 0 aliphatic heterocycles. The molecule has 6 heteroatoms. The number of rotatable bonds is 4. The van der Waals surface area contributed by atoms with E-state index >= 15 is 0 Å². The second-order valence-corrected chi connectivity index (χ2v) is 5.14.